The molecule has 3 aromatic rings. The summed E-state index contributed by atoms with van der Waals surface area (Å²) in [5, 5.41) is 7.71. The number of rotatable bonds is 2. The topological polar surface area (TPSA) is 82.8 Å². The molecule has 0 amide bonds. The fourth-order valence-corrected chi connectivity index (χ4v) is 1.64. The van der Waals surface area contributed by atoms with Gasteiger partial charge in [-0.05, 0) is 19.1 Å². The maximum atomic E-state index is 5.62. The fourth-order valence-electron chi connectivity index (χ4n) is 1.64. The lowest BCUT2D eigenvalue weighted by molar-refractivity contribution is 0.481. The molecule has 0 aliphatic carbocycles. The molecule has 0 atom stereocenters. The molecule has 0 fully saturated rings. The highest BCUT2D eigenvalue weighted by atomic mass is 16.3. The Balaban J connectivity index is 1.97. The lowest BCUT2D eigenvalue weighted by Gasteiger charge is -1.97. The van der Waals surface area contributed by atoms with Gasteiger partial charge in [0.1, 0.15) is 12.1 Å². The summed E-state index contributed by atoms with van der Waals surface area (Å²) < 4.78 is 7.26. The Morgan fingerprint density at radius 1 is 1.35 bits per heavy atom. The Bertz CT molecular complexity index is 636. The minimum atomic E-state index is 0.432. The van der Waals surface area contributed by atoms with Crippen molar-refractivity contribution in [2.75, 3.05) is 5.73 Å². The van der Waals surface area contributed by atoms with Gasteiger partial charge in [0.15, 0.2) is 11.4 Å². The predicted octanol–water partition coefficient (Wildman–Crippen LogP) is 1.36. The summed E-state index contributed by atoms with van der Waals surface area (Å²) in [6, 6.07) is 7.63. The van der Waals surface area contributed by atoms with Gasteiger partial charge in [0, 0.05) is 0 Å². The van der Waals surface area contributed by atoms with E-state index < -0.39 is 0 Å². The summed E-state index contributed by atoms with van der Waals surface area (Å²) in [4.78, 5) is 4.36. The normalized spacial score (nSPS) is 11.1. The van der Waals surface area contributed by atoms with Crippen LogP contribution in [-0.2, 0) is 6.54 Å². The van der Waals surface area contributed by atoms with Gasteiger partial charge in [-0.3, -0.25) is 0 Å². The van der Waals surface area contributed by atoms with E-state index >= 15 is 0 Å². The Labute approximate surface area is 97.0 Å². The summed E-state index contributed by atoms with van der Waals surface area (Å²) in [5.41, 5.74) is 8.05. The second-order valence-electron chi connectivity index (χ2n) is 3.79. The first-order valence-corrected chi connectivity index (χ1v) is 5.24. The van der Waals surface area contributed by atoms with Crippen molar-refractivity contribution >= 4 is 16.9 Å². The number of fused-ring (bicyclic) bond motifs is 1. The zero-order valence-electron chi connectivity index (χ0n) is 9.29. The van der Waals surface area contributed by atoms with E-state index in [0.29, 0.717) is 18.3 Å². The van der Waals surface area contributed by atoms with Crippen LogP contribution in [0.4, 0.5) is 5.82 Å². The zero-order chi connectivity index (χ0) is 11.8. The number of anilines is 1. The van der Waals surface area contributed by atoms with Gasteiger partial charge in [-0.1, -0.05) is 17.3 Å². The largest absolute Gasteiger partial charge is 0.439 e. The van der Waals surface area contributed by atoms with Crippen LogP contribution in [-0.4, -0.2) is 20.0 Å². The van der Waals surface area contributed by atoms with E-state index in [1.54, 1.807) is 4.68 Å². The Hall–Kier alpha value is -2.37. The predicted molar refractivity (Wildman–Crippen MR) is 62.3 cm³/mol. The molecule has 0 spiro atoms. The van der Waals surface area contributed by atoms with Crippen molar-refractivity contribution in [2.45, 2.75) is 13.5 Å². The highest BCUT2D eigenvalue weighted by Gasteiger charge is 2.10. The van der Waals surface area contributed by atoms with Gasteiger partial charge < -0.3 is 10.2 Å². The lowest BCUT2D eigenvalue weighted by atomic mass is 10.3. The molecule has 2 heterocycles. The van der Waals surface area contributed by atoms with E-state index in [9.17, 15) is 0 Å². The Morgan fingerprint density at radius 2 is 2.18 bits per heavy atom. The van der Waals surface area contributed by atoms with Crippen molar-refractivity contribution in [3.05, 3.63) is 35.9 Å². The van der Waals surface area contributed by atoms with Gasteiger partial charge in [-0.15, -0.1) is 5.10 Å². The highest BCUT2D eigenvalue weighted by Crippen LogP contribution is 2.16. The Kier molecular flexibility index (Phi) is 2.07. The minimum Gasteiger partial charge on any atom is -0.439 e. The number of hydrogen-bond donors (Lipinski definition) is 1. The van der Waals surface area contributed by atoms with Gasteiger partial charge in [-0.25, -0.2) is 9.67 Å². The molecule has 2 N–H and O–H groups in total. The maximum absolute atomic E-state index is 5.62. The molecule has 86 valence electrons. The minimum absolute atomic E-state index is 0.432. The van der Waals surface area contributed by atoms with E-state index in [1.807, 2.05) is 31.2 Å². The van der Waals surface area contributed by atoms with Gasteiger partial charge >= 0.3 is 0 Å². The van der Waals surface area contributed by atoms with E-state index in [-0.39, 0.29) is 0 Å². The fraction of sp³-hybridized carbons (Fsp3) is 0.182. The van der Waals surface area contributed by atoms with Crippen molar-refractivity contribution in [1.82, 2.24) is 20.0 Å². The standard InChI is InChI=1S/C11H11N5O/c1-7-11(12)14-15-16(7)6-10-13-8-4-2-3-5-9(8)17-10/h2-5H,6,12H2,1H3. The SMILES string of the molecule is Cc1c(N)nnn1Cc1nc2ccccc2o1. The average Bonchev–Trinajstić information content (AvgIpc) is 2.87. The van der Waals surface area contributed by atoms with Crippen molar-refractivity contribution < 1.29 is 4.42 Å². The molecule has 2 aromatic heterocycles. The average molecular weight is 229 g/mol. The number of para-hydroxylation sites is 2. The van der Waals surface area contributed by atoms with Crippen LogP contribution < -0.4 is 5.73 Å². The molecular formula is C11H11N5O. The zero-order valence-corrected chi connectivity index (χ0v) is 9.29. The van der Waals surface area contributed by atoms with Crippen LogP contribution in [0.15, 0.2) is 28.7 Å². The van der Waals surface area contributed by atoms with Crippen LogP contribution in [0.5, 0.6) is 0 Å². The summed E-state index contributed by atoms with van der Waals surface area (Å²) in [7, 11) is 0. The molecule has 0 radical (unpaired) electrons. The van der Waals surface area contributed by atoms with Crippen molar-refractivity contribution in [1.29, 1.82) is 0 Å². The first kappa shape index (κ1) is 9.83. The van der Waals surface area contributed by atoms with Crippen LogP contribution in [0.1, 0.15) is 11.6 Å². The van der Waals surface area contributed by atoms with Gasteiger partial charge in [0.05, 0.1) is 5.69 Å². The molecule has 0 saturated carbocycles. The second kappa shape index (κ2) is 3.58. The number of benzene rings is 1. The van der Waals surface area contributed by atoms with Crippen LogP contribution in [0.2, 0.25) is 0 Å². The molecule has 0 bridgehead atoms. The lowest BCUT2D eigenvalue weighted by Crippen LogP contribution is -2.04. The number of nitrogens with zero attached hydrogens (tertiary/aromatic N) is 4. The smallest absolute Gasteiger partial charge is 0.217 e. The molecule has 0 saturated heterocycles. The quantitative estimate of drug-likeness (QED) is 0.717. The Morgan fingerprint density at radius 3 is 2.88 bits per heavy atom. The van der Waals surface area contributed by atoms with Crippen LogP contribution >= 0.6 is 0 Å². The van der Waals surface area contributed by atoms with Crippen molar-refractivity contribution in [3.8, 4) is 0 Å². The molecular weight excluding hydrogens is 218 g/mol. The molecule has 0 unspecified atom stereocenters. The first-order chi connectivity index (χ1) is 8.24. The van der Waals surface area contributed by atoms with Crippen molar-refractivity contribution in [3.63, 3.8) is 0 Å². The number of aromatic nitrogens is 4. The molecule has 0 aliphatic heterocycles. The number of nitrogen functional groups attached to an aromatic ring is 1. The van der Waals surface area contributed by atoms with E-state index in [0.717, 1.165) is 16.8 Å². The molecule has 3 rings (SSSR count). The summed E-state index contributed by atoms with van der Waals surface area (Å²) in [6.07, 6.45) is 0. The van der Waals surface area contributed by atoms with Gasteiger partial charge in [-0.2, -0.15) is 0 Å². The number of hydrogen-bond acceptors (Lipinski definition) is 5. The van der Waals surface area contributed by atoms with Crippen LogP contribution in [0.25, 0.3) is 11.1 Å². The summed E-state index contributed by atoms with van der Waals surface area (Å²) in [6.45, 7) is 2.29. The van der Waals surface area contributed by atoms with Crippen molar-refractivity contribution in [2.24, 2.45) is 0 Å². The summed E-state index contributed by atoms with van der Waals surface area (Å²) in [5.74, 6) is 1.03. The number of nitrogens with two attached hydrogens (primary N) is 1. The van der Waals surface area contributed by atoms with Gasteiger partial charge in [0.2, 0.25) is 5.89 Å². The summed E-state index contributed by atoms with van der Waals surface area (Å²) >= 11 is 0. The van der Waals surface area contributed by atoms with Crippen LogP contribution in [0.3, 0.4) is 0 Å². The van der Waals surface area contributed by atoms with Crippen LogP contribution in [0, 0.1) is 6.92 Å². The third-order valence-corrected chi connectivity index (χ3v) is 2.64. The van der Waals surface area contributed by atoms with E-state index in [4.69, 9.17) is 10.2 Å². The molecule has 1 aromatic carbocycles. The molecule has 6 nitrogen and oxygen atoms in total. The second-order valence-corrected chi connectivity index (χ2v) is 3.79. The number of oxazole rings is 1. The maximum Gasteiger partial charge on any atom is 0.217 e. The molecule has 6 heteroatoms. The third kappa shape index (κ3) is 1.63. The third-order valence-electron chi connectivity index (χ3n) is 2.64. The molecule has 0 aliphatic rings. The monoisotopic (exact) mass is 229 g/mol. The van der Waals surface area contributed by atoms with E-state index in [2.05, 4.69) is 15.3 Å². The first-order valence-electron chi connectivity index (χ1n) is 5.24. The van der Waals surface area contributed by atoms with E-state index in [1.165, 1.54) is 0 Å². The van der Waals surface area contributed by atoms with Gasteiger partial charge in [0.25, 0.3) is 0 Å². The molecule has 17 heavy (non-hydrogen) atoms. The highest BCUT2D eigenvalue weighted by molar-refractivity contribution is 5.72.